The maximum Gasteiger partial charge on any atom is 0.140 e. The lowest BCUT2D eigenvalue weighted by molar-refractivity contribution is 0.413. The summed E-state index contributed by atoms with van der Waals surface area (Å²) in [6.07, 6.45) is 0. The fraction of sp³-hybridized carbons (Fsp3) is 0.455. The molecule has 0 saturated heterocycles. The van der Waals surface area contributed by atoms with Crippen molar-refractivity contribution in [3.05, 3.63) is 16.8 Å². The molecule has 0 aliphatic rings. The Morgan fingerprint density at radius 2 is 2.06 bits per heavy atom. The zero-order valence-corrected chi connectivity index (χ0v) is 11.1. The molecule has 0 unspecified atom stereocenters. The first-order valence-electron chi connectivity index (χ1n) is 5.08. The van der Waals surface area contributed by atoms with Gasteiger partial charge < -0.3 is 15.5 Å². The summed E-state index contributed by atoms with van der Waals surface area (Å²) in [5.41, 5.74) is 1.02. The van der Waals surface area contributed by atoms with E-state index in [1.807, 2.05) is 13.8 Å². The number of halogens is 1. The van der Waals surface area contributed by atoms with Crippen molar-refractivity contribution in [1.82, 2.24) is 4.98 Å². The van der Waals surface area contributed by atoms with Gasteiger partial charge in [-0.1, -0.05) is 25.4 Å². The minimum absolute atomic E-state index is 0.344. The van der Waals surface area contributed by atoms with Crippen molar-refractivity contribution in [2.24, 2.45) is 0 Å². The Bertz CT molecular complexity index is 341. The van der Waals surface area contributed by atoms with Crippen molar-refractivity contribution in [1.29, 1.82) is 5.41 Å². The molecular weight excluding hydrogens is 226 g/mol. The predicted octanol–water partition coefficient (Wildman–Crippen LogP) is 3.20. The molecule has 1 aromatic rings. The van der Waals surface area contributed by atoms with Crippen molar-refractivity contribution in [2.75, 3.05) is 19.5 Å². The van der Waals surface area contributed by atoms with E-state index in [-0.39, 0.29) is 0 Å². The van der Waals surface area contributed by atoms with Crippen molar-refractivity contribution in [2.45, 2.75) is 20.8 Å². The van der Waals surface area contributed by atoms with Crippen LogP contribution in [0, 0.1) is 5.41 Å². The van der Waals surface area contributed by atoms with Crippen LogP contribution in [-0.4, -0.2) is 24.9 Å². The number of anilines is 1. The van der Waals surface area contributed by atoms with Crippen LogP contribution in [0.3, 0.4) is 0 Å². The molecule has 2 N–H and O–H groups in total. The summed E-state index contributed by atoms with van der Waals surface area (Å²) in [4.78, 5) is 4.05. The Hall–Kier alpha value is -1.29. The Balaban J connectivity index is 0.00000106. The van der Waals surface area contributed by atoms with Crippen molar-refractivity contribution in [3.8, 4) is 5.75 Å². The molecule has 0 aromatic carbocycles. The number of aromatic nitrogens is 1. The number of rotatable bonds is 3. The first-order valence-corrected chi connectivity index (χ1v) is 5.45. The third-order valence-corrected chi connectivity index (χ3v) is 1.98. The molecule has 0 aliphatic heterocycles. The lowest BCUT2D eigenvalue weighted by Crippen LogP contribution is -2.05. The zero-order chi connectivity index (χ0) is 12.7. The molecule has 0 saturated carbocycles. The summed E-state index contributed by atoms with van der Waals surface area (Å²) < 4.78 is 5.12. The van der Waals surface area contributed by atoms with Gasteiger partial charge in [0.15, 0.2) is 0 Å². The molecule has 16 heavy (non-hydrogen) atoms. The molecule has 0 aliphatic carbocycles. The van der Waals surface area contributed by atoms with Crippen LogP contribution >= 0.6 is 11.6 Å². The Morgan fingerprint density at radius 1 is 1.50 bits per heavy atom. The van der Waals surface area contributed by atoms with Gasteiger partial charge in [-0.15, -0.1) is 0 Å². The van der Waals surface area contributed by atoms with Crippen LogP contribution in [-0.2, 0) is 0 Å². The maximum atomic E-state index is 7.59. The molecule has 1 rings (SSSR count). The quantitative estimate of drug-likeness (QED) is 0.633. The third kappa shape index (κ3) is 3.38. The fourth-order valence-corrected chi connectivity index (χ4v) is 1.38. The predicted molar refractivity (Wildman–Crippen MR) is 69.2 cm³/mol. The fourth-order valence-electron chi connectivity index (χ4n) is 1.20. The number of hydrogen-bond donors (Lipinski definition) is 2. The molecule has 0 bridgehead atoms. The molecule has 4 nitrogen and oxygen atoms in total. The zero-order valence-electron chi connectivity index (χ0n) is 10.3. The highest BCUT2D eigenvalue weighted by Crippen LogP contribution is 2.28. The van der Waals surface area contributed by atoms with Crippen molar-refractivity contribution in [3.63, 3.8) is 0 Å². The first-order chi connectivity index (χ1) is 7.60. The summed E-state index contributed by atoms with van der Waals surface area (Å²) in [5, 5.41) is 10.8. The standard InChI is InChI=1S/C9H12ClN3O.C2H6/c1-5(11)8-6(14-3)4-7(10)13-9(8)12-2;1-2/h4,11H,1-3H3,(H,12,13);1-2H3. The van der Waals surface area contributed by atoms with Gasteiger partial charge in [0, 0.05) is 18.8 Å². The van der Waals surface area contributed by atoms with E-state index in [4.69, 9.17) is 21.7 Å². The van der Waals surface area contributed by atoms with Gasteiger partial charge in [-0.2, -0.15) is 0 Å². The van der Waals surface area contributed by atoms with E-state index in [0.717, 1.165) is 0 Å². The van der Waals surface area contributed by atoms with E-state index in [0.29, 0.717) is 28.0 Å². The molecular formula is C11H18ClN3O. The van der Waals surface area contributed by atoms with E-state index < -0.39 is 0 Å². The van der Waals surface area contributed by atoms with Gasteiger partial charge in [-0.05, 0) is 6.92 Å². The number of nitrogens with zero attached hydrogens (tertiary/aromatic N) is 1. The SMILES string of the molecule is CC.CNc1nc(Cl)cc(OC)c1C(C)=N. The van der Waals surface area contributed by atoms with Gasteiger partial charge in [-0.25, -0.2) is 4.98 Å². The van der Waals surface area contributed by atoms with Crippen LogP contribution in [0.2, 0.25) is 5.15 Å². The van der Waals surface area contributed by atoms with Gasteiger partial charge in [0.25, 0.3) is 0 Å². The van der Waals surface area contributed by atoms with Crippen LogP contribution in [0.1, 0.15) is 26.3 Å². The highest BCUT2D eigenvalue weighted by atomic mass is 35.5. The first kappa shape index (κ1) is 14.7. The van der Waals surface area contributed by atoms with Crippen LogP contribution in [0.25, 0.3) is 0 Å². The van der Waals surface area contributed by atoms with Gasteiger partial charge in [0.1, 0.15) is 16.7 Å². The van der Waals surface area contributed by atoms with E-state index in [1.165, 1.54) is 7.11 Å². The Morgan fingerprint density at radius 3 is 2.44 bits per heavy atom. The minimum atomic E-state index is 0.344. The number of methoxy groups -OCH3 is 1. The molecule has 90 valence electrons. The summed E-state index contributed by atoms with van der Waals surface area (Å²) in [5.74, 6) is 1.11. The average Bonchev–Trinajstić information content (AvgIpc) is 2.29. The molecule has 5 heteroatoms. The lowest BCUT2D eigenvalue weighted by atomic mass is 10.1. The average molecular weight is 244 g/mol. The van der Waals surface area contributed by atoms with Gasteiger partial charge in [0.2, 0.25) is 0 Å². The smallest absolute Gasteiger partial charge is 0.140 e. The second-order valence-corrected chi connectivity index (χ2v) is 3.13. The Kier molecular flexibility index (Phi) is 6.49. The second-order valence-electron chi connectivity index (χ2n) is 2.75. The Labute approximate surface area is 101 Å². The lowest BCUT2D eigenvalue weighted by Gasteiger charge is -2.11. The molecule has 0 spiro atoms. The minimum Gasteiger partial charge on any atom is -0.496 e. The van der Waals surface area contributed by atoms with Crippen molar-refractivity contribution >= 4 is 23.1 Å². The summed E-state index contributed by atoms with van der Waals surface area (Å²) in [6, 6.07) is 1.59. The molecule has 1 aromatic heterocycles. The van der Waals surface area contributed by atoms with Crippen molar-refractivity contribution < 1.29 is 4.74 Å². The van der Waals surface area contributed by atoms with Crippen LogP contribution in [0.4, 0.5) is 5.82 Å². The van der Waals surface area contributed by atoms with Crippen LogP contribution in [0.15, 0.2) is 6.07 Å². The second kappa shape index (κ2) is 7.06. The summed E-state index contributed by atoms with van der Waals surface area (Å²) >= 11 is 5.78. The maximum absolute atomic E-state index is 7.59. The number of ether oxygens (including phenoxy) is 1. The van der Waals surface area contributed by atoms with Gasteiger partial charge >= 0.3 is 0 Å². The largest absolute Gasteiger partial charge is 0.496 e. The summed E-state index contributed by atoms with van der Waals surface area (Å²) in [6.45, 7) is 5.67. The van der Waals surface area contributed by atoms with E-state index in [9.17, 15) is 0 Å². The van der Waals surface area contributed by atoms with Gasteiger partial charge in [-0.3, -0.25) is 0 Å². The molecule has 0 atom stereocenters. The molecule has 0 radical (unpaired) electrons. The van der Waals surface area contributed by atoms with E-state index >= 15 is 0 Å². The number of pyridine rings is 1. The van der Waals surface area contributed by atoms with E-state index in [2.05, 4.69) is 10.3 Å². The molecule has 1 heterocycles. The highest BCUT2D eigenvalue weighted by molar-refractivity contribution is 6.30. The monoisotopic (exact) mass is 243 g/mol. The summed E-state index contributed by atoms with van der Waals surface area (Å²) in [7, 11) is 3.27. The highest BCUT2D eigenvalue weighted by Gasteiger charge is 2.13. The number of nitrogens with one attached hydrogen (secondary N) is 2. The van der Waals surface area contributed by atoms with E-state index in [1.54, 1.807) is 20.0 Å². The molecule has 0 amide bonds. The van der Waals surface area contributed by atoms with Crippen LogP contribution in [0.5, 0.6) is 5.75 Å². The van der Waals surface area contributed by atoms with Crippen LogP contribution < -0.4 is 10.1 Å². The third-order valence-electron chi connectivity index (χ3n) is 1.78. The van der Waals surface area contributed by atoms with Gasteiger partial charge in [0.05, 0.1) is 12.7 Å². The topological polar surface area (TPSA) is 58.0 Å². The number of hydrogen-bond acceptors (Lipinski definition) is 4. The normalized spacial score (nSPS) is 8.88. The molecule has 0 fully saturated rings.